The van der Waals surface area contributed by atoms with Gasteiger partial charge >= 0.3 is 0 Å². The van der Waals surface area contributed by atoms with Crippen LogP contribution in [0.2, 0.25) is 0 Å². The molecule has 11 heavy (non-hydrogen) atoms. The summed E-state index contributed by atoms with van der Waals surface area (Å²) in [4.78, 5) is 20.3. The van der Waals surface area contributed by atoms with Gasteiger partial charge in [0, 0.05) is 5.92 Å². The van der Waals surface area contributed by atoms with Crippen molar-refractivity contribution in [3.63, 3.8) is 0 Å². The number of carbonyl (C=O) groups is 1. The van der Waals surface area contributed by atoms with Gasteiger partial charge in [0.05, 0.1) is 10.5 Å². The van der Waals surface area contributed by atoms with Crippen LogP contribution < -0.4 is 0 Å². The summed E-state index contributed by atoms with van der Waals surface area (Å²) in [6.45, 7) is 4.87. The molecule has 0 spiro atoms. The molecular formula is C7H11NO3. The highest BCUT2D eigenvalue weighted by molar-refractivity contribution is 5.95. The van der Waals surface area contributed by atoms with Crippen molar-refractivity contribution in [1.29, 1.82) is 0 Å². The highest BCUT2D eigenvalue weighted by Gasteiger charge is 2.11. The van der Waals surface area contributed by atoms with E-state index in [1.807, 2.05) is 0 Å². The molecule has 0 heterocycles. The second-order valence-corrected chi connectivity index (χ2v) is 2.62. The first-order chi connectivity index (χ1) is 4.95. The maximum absolute atomic E-state index is 11.0. The van der Waals surface area contributed by atoms with Gasteiger partial charge in [-0.15, -0.1) is 0 Å². The van der Waals surface area contributed by atoms with Crippen LogP contribution >= 0.6 is 0 Å². The van der Waals surface area contributed by atoms with Gasteiger partial charge in [-0.2, -0.15) is 0 Å². The van der Waals surface area contributed by atoms with E-state index < -0.39 is 4.92 Å². The van der Waals surface area contributed by atoms with Crippen LogP contribution in [0.3, 0.4) is 0 Å². The fraction of sp³-hybridized carbons (Fsp3) is 0.571. The molecule has 0 saturated heterocycles. The molecule has 0 aliphatic heterocycles. The van der Waals surface area contributed by atoms with E-state index in [0.717, 1.165) is 6.20 Å². The predicted octanol–water partition coefficient (Wildman–Crippen LogP) is 1.39. The Hall–Kier alpha value is -1.19. The Kier molecular flexibility index (Phi) is 3.44. The third-order valence-corrected chi connectivity index (χ3v) is 1.21. The molecule has 0 aliphatic rings. The standard InChI is InChI=1S/C7H11NO3/c1-5(2)7(9)6(3)4-8(10)11/h4-5H,1-3H3/b6-4+. The molecule has 4 heteroatoms. The number of rotatable bonds is 3. The lowest BCUT2D eigenvalue weighted by atomic mass is 10.0. The van der Waals surface area contributed by atoms with Crippen molar-refractivity contribution in [2.45, 2.75) is 20.8 Å². The van der Waals surface area contributed by atoms with Gasteiger partial charge in [0.2, 0.25) is 6.20 Å². The molecular weight excluding hydrogens is 146 g/mol. The number of nitro groups is 1. The van der Waals surface area contributed by atoms with Crippen molar-refractivity contribution in [2.75, 3.05) is 0 Å². The SMILES string of the molecule is C/C(=C\[N+](=O)[O-])C(=O)C(C)C. The lowest BCUT2D eigenvalue weighted by Crippen LogP contribution is -2.09. The average molecular weight is 157 g/mol. The van der Waals surface area contributed by atoms with E-state index in [4.69, 9.17) is 0 Å². The van der Waals surface area contributed by atoms with E-state index in [9.17, 15) is 14.9 Å². The molecule has 0 N–H and O–H groups in total. The number of carbonyl (C=O) groups excluding carboxylic acids is 1. The van der Waals surface area contributed by atoms with Crippen LogP contribution in [-0.4, -0.2) is 10.7 Å². The quantitative estimate of drug-likeness (QED) is 0.353. The molecule has 0 radical (unpaired) electrons. The summed E-state index contributed by atoms with van der Waals surface area (Å²) in [6.07, 6.45) is 0.738. The zero-order valence-corrected chi connectivity index (χ0v) is 6.83. The maximum Gasteiger partial charge on any atom is 0.240 e. The fourth-order valence-electron chi connectivity index (χ4n) is 0.677. The molecule has 62 valence electrons. The summed E-state index contributed by atoms with van der Waals surface area (Å²) in [5.41, 5.74) is 0.199. The van der Waals surface area contributed by atoms with Gasteiger partial charge < -0.3 is 0 Å². The van der Waals surface area contributed by atoms with Crippen LogP contribution in [-0.2, 0) is 4.79 Å². The second-order valence-electron chi connectivity index (χ2n) is 2.62. The summed E-state index contributed by atoms with van der Waals surface area (Å²) in [7, 11) is 0. The molecule has 0 saturated carbocycles. The van der Waals surface area contributed by atoms with Crippen molar-refractivity contribution in [2.24, 2.45) is 5.92 Å². The number of ketones is 1. The van der Waals surface area contributed by atoms with E-state index in [1.165, 1.54) is 6.92 Å². The fourth-order valence-corrected chi connectivity index (χ4v) is 0.677. The smallest absolute Gasteiger partial charge is 0.240 e. The molecule has 0 bridgehead atoms. The minimum Gasteiger partial charge on any atom is -0.294 e. The first kappa shape index (κ1) is 9.81. The molecule has 0 fully saturated rings. The van der Waals surface area contributed by atoms with Crippen molar-refractivity contribution in [1.82, 2.24) is 0 Å². The summed E-state index contributed by atoms with van der Waals surface area (Å²) >= 11 is 0. The molecule has 0 aromatic rings. The van der Waals surface area contributed by atoms with Crippen molar-refractivity contribution in [3.8, 4) is 0 Å². The number of Topliss-reactive ketones (excluding diaryl/α,β-unsaturated/α-hetero) is 1. The monoisotopic (exact) mass is 157 g/mol. The molecule has 0 amide bonds. The van der Waals surface area contributed by atoms with Gasteiger partial charge in [0.25, 0.3) is 0 Å². The van der Waals surface area contributed by atoms with Gasteiger partial charge in [0.15, 0.2) is 5.78 Å². The number of allylic oxidation sites excluding steroid dienone is 1. The lowest BCUT2D eigenvalue weighted by molar-refractivity contribution is -0.403. The van der Waals surface area contributed by atoms with Crippen LogP contribution in [0, 0.1) is 16.0 Å². The zero-order chi connectivity index (χ0) is 9.02. The Labute approximate surface area is 65.1 Å². The normalized spacial score (nSPS) is 11.8. The van der Waals surface area contributed by atoms with Crippen LogP contribution in [0.5, 0.6) is 0 Å². The first-order valence-corrected chi connectivity index (χ1v) is 3.31. The van der Waals surface area contributed by atoms with Gasteiger partial charge in [-0.1, -0.05) is 13.8 Å². The number of hydrogen-bond acceptors (Lipinski definition) is 3. The molecule has 0 rings (SSSR count). The Morgan fingerprint density at radius 3 is 2.27 bits per heavy atom. The van der Waals surface area contributed by atoms with Crippen LogP contribution in [0.15, 0.2) is 11.8 Å². The van der Waals surface area contributed by atoms with Gasteiger partial charge in [-0.05, 0) is 6.92 Å². The third-order valence-electron chi connectivity index (χ3n) is 1.21. The second kappa shape index (κ2) is 3.85. The van der Waals surface area contributed by atoms with Crippen LogP contribution in [0.4, 0.5) is 0 Å². The first-order valence-electron chi connectivity index (χ1n) is 3.31. The van der Waals surface area contributed by atoms with E-state index in [2.05, 4.69) is 0 Å². The average Bonchev–Trinajstić information content (AvgIpc) is 1.84. The molecule has 0 aromatic heterocycles. The predicted molar refractivity (Wildman–Crippen MR) is 40.6 cm³/mol. The summed E-state index contributed by atoms with van der Waals surface area (Å²) < 4.78 is 0. The lowest BCUT2D eigenvalue weighted by Gasteiger charge is -1.99. The van der Waals surface area contributed by atoms with Crippen molar-refractivity contribution in [3.05, 3.63) is 21.9 Å². The highest BCUT2D eigenvalue weighted by Crippen LogP contribution is 2.04. The van der Waals surface area contributed by atoms with Crippen LogP contribution in [0.25, 0.3) is 0 Å². The molecule has 0 aliphatic carbocycles. The van der Waals surface area contributed by atoms with Crippen molar-refractivity contribution < 1.29 is 9.72 Å². The summed E-state index contributed by atoms with van der Waals surface area (Å²) in [5, 5.41) is 9.91. The minimum atomic E-state index is -0.615. The topological polar surface area (TPSA) is 60.2 Å². The zero-order valence-electron chi connectivity index (χ0n) is 6.83. The van der Waals surface area contributed by atoms with Gasteiger partial charge in [-0.3, -0.25) is 14.9 Å². The molecule has 0 unspecified atom stereocenters. The van der Waals surface area contributed by atoms with E-state index in [1.54, 1.807) is 13.8 Å². The molecule has 4 nitrogen and oxygen atoms in total. The Balaban J connectivity index is 4.36. The highest BCUT2D eigenvalue weighted by atomic mass is 16.6. The summed E-state index contributed by atoms with van der Waals surface area (Å²) in [6, 6.07) is 0. The minimum absolute atomic E-state index is 0.175. The van der Waals surface area contributed by atoms with Gasteiger partial charge in [0.1, 0.15) is 0 Å². The number of hydrogen-bond donors (Lipinski definition) is 0. The maximum atomic E-state index is 11.0. The molecule has 0 aromatic carbocycles. The number of nitrogens with zero attached hydrogens (tertiary/aromatic N) is 1. The third kappa shape index (κ3) is 3.50. The Morgan fingerprint density at radius 1 is 1.55 bits per heavy atom. The Morgan fingerprint density at radius 2 is 2.00 bits per heavy atom. The van der Waals surface area contributed by atoms with Crippen molar-refractivity contribution >= 4 is 5.78 Å². The largest absolute Gasteiger partial charge is 0.294 e. The Bertz CT molecular complexity index is 206. The van der Waals surface area contributed by atoms with E-state index in [-0.39, 0.29) is 17.3 Å². The van der Waals surface area contributed by atoms with Crippen LogP contribution in [0.1, 0.15) is 20.8 Å². The molecule has 0 atom stereocenters. The van der Waals surface area contributed by atoms with E-state index >= 15 is 0 Å². The summed E-state index contributed by atoms with van der Waals surface area (Å²) in [5.74, 6) is -0.354. The van der Waals surface area contributed by atoms with Gasteiger partial charge in [-0.25, -0.2) is 0 Å². The van der Waals surface area contributed by atoms with E-state index in [0.29, 0.717) is 0 Å².